The van der Waals surface area contributed by atoms with Crippen molar-refractivity contribution in [3.8, 4) is 0 Å². The number of aromatic nitrogens is 2. The molecule has 0 atom stereocenters. The minimum absolute atomic E-state index is 0.218. The van der Waals surface area contributed by atoms with Gasteiger partial charge in [0.25, 0.3) is 11.5 Å². The predicted molar refractivity (Wildman–Crippen MR) is 60.4 cm³/mol. The summed E-state index contributed by atoms with van der Waals surface area (Å²) in [6, 6.07) is 0. The largest absolute Gasteiger partial charge is 0.349 e. The van der Waals surface area contributed by atoms with Gasteiger partial charge in [-0.2, -0.15) is 0 Å². The van der Waals surface area contributed by atoms with Crippen LogP contribution in [0.4, 0.5) is 0 Å². The van der Waals surface area contributed by atoms with Crippen molar-refractivity contribution in [1.29, 1.82) is 0 Å². The first-order valence-electron chi connectivity index (χ1n) is 5.27. The lowest BCUT2D eigenvalue weighted by Gasteiger charge is -2.04. The van der Waals surface area contributed by atoms with Crippen molar-refractivity contribution < 1.29 is 4.79 Å². The number of hydrogen-bond donors (Lipinski definition) is 3. The topological polar surface area (TPSA) is 86.9 Å². The number of carbonyl (C=O) groups is 1. The van der Waals surface area contributed by atoms with E-state index in [0.717, 1.165) is 25.7 Å². The van der Waals surface area contributed by atoms with Gasteiger partial charge in [-0.25, -0.2) is 4.98 Å². The zero-order chi connectivity index (χ0) is 11.8. The van der Waals surface area contributed by atoms with Gasteiger partial charge in [-0.3, -0.25) is 9.59 Å². The van der Waals surface area contributed by atoms with Gasteiger partial charge in [0, 0.05) is 19.3 Å². The Hall–Kier alpha value is -1.69. The standard InChI is InChI=1S/C10H16N4O2/c1-2-3-11-4-5-12-10(16)8-6-14-9(15)7-13-8/h6-7,11H,2-5H2,1H3,(H,12,16)(H,14,15). The van der Waals surface area contributed by atoms with Crippen LogP contribution in [0, 0.1) is 0 Å². The number of carbonyl (C=O) groups excluding carboxylic acids is 1. The third-order valence-corrected chi connectivity index (χ3v) is 1.92. The fourth-order valence-corrected chi connectivity index (χ4v) is 1.12. The van der Waals surface area contributed by atoms with E-state index in [0.29, 0.717) is 6.54 Å². The van der Waals surface area contributed by atoms with Gasteiger partial charge in [-0.05, 0) is 13.0 Å². The average Bonchev–Trinajstić information content (AvgIpc) is 2.29. The Kier molecular flexibility index (Phi) is 5.21. The predicted octanol–water partition coefficient (Wildman–Crippen LogP) is -0.501. The fraction of sp³-hybridized carbons (Fsp3) is 0.500. The Morgan fingerprint density at radius 1 is 1.44 bits per heavy atom. The van der Waals surface area contributed by atoms with Gasteiger partial charge in [0.1, 0.15) is 5.69 Å². The van der Waals surface area contributed by atoms with Gasteiger partial charge in [0.2, 0.25) is 0 Å². The number of H-pyrrole nitrogens is 1. The summed E-state index contributed by atoms with van der Waals surface area (Å²) >= 11 is 0. The Labute approximate surface area is 93.5 Å². The summed E-state index contributed by atoms with van der Waals surface area (Å²) in [7, 11) is 0. The second-order valence-electron chi connectivity index (χ2n) is 3.30. The maximum atomic E-state index is 11.5. The molecule has 1 heterocycles. The molecule has 0 fully saturated rings. The van der Waals surface area contributed by atoms with E-state index in [4.69, 9.17) is 0 Å². The molecule has 0 bridgehead atoms. The second kappa shape index (κ2) is 6.73. The van der Waals surface area contributed by atoms with E-state index in [1.54, 1.807) is 0 Å². The molecule has 6 nitrogen and oxygen atoms in total. The summed E-state index contributed by atoms with van der Waals surface area (Å²) in [6.45, 7) is 4.28. The molecule has 1 aromatic rings. The van der Waals surface area contributed by atoms with E-state index in [1.165, 1.54) is 6.20 Å². The van der Waals surface area contributed by atoms with Crippen molar-refractivity contribution in [1.82, 2.24) is 20.6 Å². The lowest BCUT2D eigenvalue weighted by Crippen LogP contribution is -2.32. The number of amides is 1. The van der Waals surface area contributed by atoms with E-state index in [-0.39, 0.29) is 17.2 Å². The molecule has 16 heavy (non-hydrogen) atoms. The number of aromatic amines is 1. The van der Waals surface area contributed by atoms with E-state index < -0.39 is 0 Å². The second-order valence-corrected chi connectivity index (χ2v) is 3.30. The third-order valence-electron chi connectivity index (χ3n) is 1.92. The molecule has 1 aromatic heterocycles. The highest BCUT2D eigenvalue weighted by molar-refractivity contribution is 5.91. The summed E-state index contributed by atoms with van der Waals surface area (Å²) in [5, 5.41) is 5.85. The highest BCUT2D eigenvalue weighted by Crippen LogP contribution is 1.86. The van der Waals surface area contributed by atoms with Gasteiger partial charge in [-0.15, -0.1) is 0 Å². The molecule has 0 spiro atoms. The molecular formula is C10H16N4O2. The first-order chi connectivity index (χ1) is 7.74. The van der Waals surface area contributed by atoms with Crippen molar-refractivity contribution in [2.24, 2.45) is 0 Å². The van der Waals surface area contributed by atoms with Gasteiger partial charge in [0.15, 0.2) is 0 Å². The first-order valence-corrected chi connectivity index (χ1v) is 5.27. The summed E-state index contributed by atoms with van der Waals surface area (Å²) in [5.74, 6) is -0.283. The van der Waals surface area contributed by atoms with Crippen LogP contribution in [-0.4, -0.2) is 35.5 Å². The van der Waals surface area contributed by atoms with Crippen molar-refractivity contribution in [2.75, 3.05) is 19.6 Å². The monoisotopic (exact) mass is 224 g/mol. The molecule has 0 aromatic carbocycles. The molecule has 6 heteroatoms. The van der Waals surface area contributed by atoms with Crippen LogP contribution in [0.1, 0.15) is 23.8 Å². The van der Waals surface area contributed by atoms with E-state index in [9.17, 15) is 9.59 Å². The molecule has 88 valence electrons. The molecule has 0 saturated heterocycles. The minimum atomic E-state index is -0.318. The lowest BCUT2D eigenvalue weighted by molar-refractivity contribution is 0.0948. The van der Waals surface area contributed by atoms with Crippen LogP contribution in [0.2, 0.25) is 0 Å². The van der Waals surface area contributed by atoms with Crippen LogP contribution in [0.5, 0.6) is 0 Å². The number of nitrogens with one attached hydrogen (secondary N) is 3. The third kappa shape index (κ3) is 4.22. The molecule has 0 aliphatic carbocycles. The SMILES string of the molecule is CCCNCCNC(=O)c1c[nH]c(=O)cn1. The van der Waals surface area contributed by atoms with Gasteiger partial charge in [0.05, 0.1) is 6.20 Å². The number of rotatable bonds is 6. The quantitative estimate of drug-likeness (QED) is 0.568. The van der Waals surface area contributed by atoms with Crippen LogP contribution >= 0.6 is 0 Å². The van der Waals surface area contributed by atoms with Crippen LogP contribution in [0.3, 0.4) is 0 Å². The van der Waals surface area contributed by atoms with E-state index in [2.05, 4.69) is 27.5 Å². The number of hydrogen-bond acceptors (Lipinski definition) is 4. The van der Waals surface area contributed by atoms with Crippen LogP contribution in [-0.2, 0) is 0 Å². The average molecular weight is 224 g/mol. The van der Waals surface area contributed by atoms with Crippen molar-refractivity contribution in [3.05, 3.63) is 28.4 Å². The summed E-state index contributed by atoms with van der Waals surface area (Å²) in [4.78, 5) is 28.3. The van der Waals surface area contributed by atoms with Crippen molar-refractivity contribution >= 4 is 5.91 Å². The Bertz CT molecular complexity index is 368. The maximum absolute atomic E-state index is 11.5. The van der Waals surface area contributed by atoms with Crippen LogP contribution in [0.25, 0.3) is 0 Å². The number of nitrogens with zero attached hydrogens (tertiary/aromatic N) is 1. The minimum Gasteiger partial charge on any atom is -0.349 e. The Morgan fingerprint density at radius 2 is 2.25 bits per heavy atom. The summed E-state index contributed by atoms with van der Waals surface area (Å²) in [5.41, 5.74) is -0.101. The lowest BCUT2D eigenvalue weighted by atomic mass is 10.4. The normalized spacial score (nSPS) is 10.1. The zero-order valence-corrected chi connectivity index (χ0v) is 9.25. The molecule has 1 amide bonds. The van der Waals surface area contributed by atoms with Crippen LogP contribution < -0.4 is 16.2 Å². The molecule has 0 saturated carbocycles. The molecular weight excluding hydrogens is 208 g/mol. The van der Waals surface area contributed by atoms with Crippen molar-refractivity contribution in [3.63, 3.8) is 0 Å². The van der Waals surface area contributed by atoms with Gasteiger partial charge < -0.3 is 15.6 Å². The van der Waals surface area contributed by atoms with E-state index >= 15 is 0 Å². The molecule has 0 aliphatic heterocycles. The highest BCUT2D eigenvalue weighted by Gasteiger charge is 2.05. The van der Waals surface area contributed by atoms with Crippen molar-refractivity contribution in [2.45, 2.75) is 13.3 Å². The first kappa shape index (κ1) is 12.4. The molecule has 3 N–H and O–H groups in total. The fourth-order valence-electron chi connectivity index (χ4n) is 1.12. The summed E-state index contributed by atoms with van der Waals surface area (Å²) in [6.07, 6.45) is 3.46. The van der Waals surface area contributed by atoms with E-state index in [1.807, 2.05) is 0 Å². The Morgan fingerprint density at radius 3 is 2.88 bits per heavy atom. The summed E-state index contributed by atoms with van der Waals surface area (Å²) < 4.78 is 0. The van der Waals surface area contributed by atoms with Gasteiger partial charge in [-0.1, -0.05) is 6.92 Å². The molecule has 0 aliphatic rings. The molecule has 0 unspecified atom stereocenters. The van der Waals surface area contributed by atoms with Gasteiger partial charge >= 0.3 is 0 Å². The molecule has 0 radical (unpaired) electrons. The van der Waals surface area contributed by atoms with Crippen LogP contribution in [0.15, 0.2) is 17.2 Å². The zero-order valence-electron chi connectivity index (χ0n) is 9.25. The Balaban J connectivity index is 2.30. The smallest absolute Gasteiger partial charge is 0.271 e. The highest BCUT2D eigenvalue weighted by atomic mass is 16.2. The maximum Gasteiger partial charge on any atom is 0.271 e. The molecule has 1 rings (SSSR count).